The molecule has 6 heteroatoms. The van der Waals surface area contributed by atoms with Crippen LogP contribution in [-0.2, 0) is 0 Å². The van der Waals surface area contributed by atoms with Gasteiger partial charge in [-0.1, -0.05) is 17.4 Å². The fourth-order valence-electron chi connectivity index (χ4n) is 2.49. The first-order valence-corrected chi connectivity index (χ1v) is 8.01. The quantitative estimate of drug-likeness (QED) is 0.776. The number of nitrogens with one attached hydrogen (secondary N) is 1. The van der Waals surface area contributed by atoms with Crippen molar-refractivity contribution in [3.8, 4) is 11.5 Å². The average Bonchev–Trinajstić information content (AvgIpc) is 3.16. The van der Waals surface area contributed by atoms with Gasteiger partial charge >= 0.3 is 0 Å². The number of nitrogens with zero attached hydrogens (tertiary/aromatic N) is 1. The van der Waals surface area contributed by atoms with Gasteiger partial charge < -0.3 is 9.47 Å². The lowest BCUT2D eigenvalue weighted by Crippen LogP contribution is -2.11. The molecule has 0 bridgehead atoms. The van der Waals surface area contributed by atoms with Crippen molar-refractivity contribution in [2.45, 2.75) is 13.8 Å². The zero-order chi connectivity index (χ0) is 16.0. The van der Waals surface area contributed by atoms with E-state index in [4.69, 9.17) is 9.47 Å². The van der Waals surface area contributed by atoms with Gasteiger partial charge in [-0.15, -0.1) is 0 Å². The Bertz CT molecular complexity index is 933. The van der Waals surface area contributed by atoms with Gasteiger partial charge in [-0.2, -0.15) is 0 Å². The molecule has 1 amide bonds. The van der Waals surface area contributed by atoms with Gasteiger partial charge in [0.15, 0.2) is 16.6 Å². The van der Waals surface area contributed by atoms with E-state index < -0.39 is 0 Å². The molecule has 0 aliphatic carbocycles. The van der Waals surface area contributed by atoms with Gasteiger partial charge in [0.25, 0.3) is 5.91 Å². The van der Waals surface area contributed by atoms with Crippen LogP contribution in [-0.4, -0.2) is 17.7 Å². The van der Waals surface area contributed by atoms with Gasteiger partial charge in [-0.05, 0) is 49.2 Å². The normalized spacial score (nSPS) is 12.6. The Kier molecular flexibility index (Phi) is 3.20. The zero-order valence-electron chi connectivity index (χ0n) is 12.7. The number of fused-ring (bicyclic) bond motifs is 2. The van der Waals surface area contributed by atoms with Gasteiger partial charge in [0.1, 0.15) is 0 Å². The maximum absolute atomic E-state index is 12.4. The Balaban J connectivity index is 1.62. The summed E-state index contributed by atoms with van der Waals surface area (Å²) in [5.41, 5.74) is 3.79. The Morgan fingerprint density at radius 2 is 2.00 bits per heavy atom. The highest BCUT2D eigenvalue weighted by Crippen LogP contribution is 2.33. The Hall–Kier alpha value is -2.60. The summed E-state index contributed by atoms with van der Waals surface area (Å²) in [6, 6.07) is 9.24. The van der Waals surface area contributed by atoms with Crippen LogP contribution in [0.1, 0.15) is 21.5 Å². The summed E-state index contributed by atoms with van der Waals surface area (Å²) < 4.78 is 11.6. The SMILES string of the molecule is Cc1ccc2sc(NC(=O)c3ccc4c(c3)OCO4)nc2c1C. The number of carbonyl (C=O) groups is 1. The minimum absolute atomic E-state index is 0.191. The van der Waals surface area contributed by atoms with E-state index in [1.165, 1.54) is 16.9 Å². The van der Waals surface area contributed by atoms with Crippen LogP contribution in [0.15, 0.2) is 30.3 Å². The number of hydrogen-bond acceptors (Lipinski definition) is 5. The topological polar surface area (TPSA) is 60.5 Å². The van der Waals surface area contributed by atoms with Crippen molar-refractivity contribution >= 4 is 32.6 Å². The number of ether oxygens (including phenoxy) is 2. The van der Waals surface area contributed by atoms with Crippen LogP contribution in [0.2, 0.25) is 0 Å². The minimum Gasteiger partial charge on any atom is -0.454 e. The molecule has 2 heterocycles. The van der Waals surface area contributed by atoms with Crippen LogP contribution in [0, 0.1) is 13.8 Å². The molecule has 0 fully saturated rings. The van der Waals surface area contributed by atoms with Gasteiger partial charge in [-0.25, -0.2) is 4.98 Å². The molecular formula is C17H14N2O3S. The molecule has 23 heavy (non-hydrogen) atoms. The van der Waals surface area contributed by atoms with Crippen LogP contribution < -0.4 is 14.8 Å². The van der Waals surface area contributed by atoms with Crippen LogP contribution in [0.3, 0.4) is 0 Å². The molecule has 3 aromatic rings. The Morgan fingerprint density at radius 3 is 2.87 bits per heavy atom. The van der Waals surface area contributed by atoms with E-state index in [0.717, 1.165) is 15.8 Å². The summed E-state index contributed by atoms with van der Waals surface area (Å²) in [5.74, 6) is 1.04. The maximum atomic E-state index is 12.4. The maximum Gasteiger partial charge on any atom is 0.257 e. The predicted octanol–water partition coefficient (Wildman–Crippen LogP) is 3.89. The molecule has 0 saturated carbocycles. The highest BCUT2D eigenvalue weighted by atomic mass is 32.1. The molecule has 1 aliphatic heterocycles. The number of carbonyl (C=O) groups excluding carboxylic acids is 1. The fraction of sp³-hybridized carbons (Fsp3) is 0.176. The molecule has 0 radical (unpaired) electrons. The van der Waals surface area contributed by atoms with Crippen molar-refractivity contribution in [3.05, 3.63) is 47.0 Å². The van der Waals surface area contributed by atoms with E-state index in [1.807, 2.05) is 13.0 Å². The third-order valence-corrected chi connectivity index (χ3v) is 4.88. The van der Waals surface area contributed by atoms with Crippen molar-refractivity contribution in [1.29, 1.82) is 0 Å². The molecule has 0 atom stereocenters. The summed E-state index contributed by atoms with van der Waals surface area (Å²) in [6.45, 7) is 4.29. The van der Waals surface area contributed by atoms with E-state index in [2.05, 4.69) is 23.3 Å². The molecule has 1 N–H and O–H groups in total. The van der Waals surface area contributed by atoms with Gasteiger partial charge in [0, 0.05) is 5.56 Å². The molecule has 0 unspecified atom stereocenters. The average molecular weight is 326 g/mol. The summed E-state index contributed by atoms with van der Waals surface area (Å²) in [4.78, 5) is 16.9. The summed E-state index contributed by atoms with van der Waals surface area (Å²) >= 11 is 1.47. The first-order valence-electron chi connectivity index (χ1n) is 7.19. The lowest BCUT2D eigenvalue weighted by atomic mass is 10.1. The number of aromatic nitrogens is 1. The van der Waals surface area contributed by atoms with Crippen molar-refractivity contribution in [2.75, 3.05) is 12.1 Å². The standard InChI is InChI=1S/C17H14N2O3S/c1-9-3-6-14-15(10(9)2)18-17(23-14)19-16(20)11-4-5-12-13(7-11)22-8-21-12/h3-7H,8H2,1-2H3,(H,18,19,20). The van der Waals surface area contributed by atoms with E-state index in [-0.39, 0.29) is 12.7 Å². The largest absolute Gasteiger partial charge is 0.454 e. The van der Waals surface area contributed by atoms with Crippen molar-refractivity contribution in [1.82, 2.24) is 4.98 Å². The molecule has 2 aromatic carbocycles. The molecular weight excluding hydrogens is 312 g/mol. The highest BCUT2D eigenvalue weighted by Gasteiger charge is 2.17. The number of anilines is 1. The second kappa shape index (κ2) is 5.24. The number of aryl methyl sites for hydroxylation is 2. The third-order valence-electron chi connectivity index (χ3n) is 3.94. The second-order valence-electron chi connectivity index (χ2n) is 5.40. The number of benzene rings is 2. The number of rotatable bonds is 2. The Labute approximate surface area is 136 Å². The molecule has 1 aliphatic rings. The van der Waals surface area contributed by atoms with Gasteiger partial charge in [-0.3, -0.25) is 10.1 Å². The lowest BCUT2D eigenvalue weighted by molar-refractivity contribution is 0.102. The summed E-state index contributed by atoms with van der Waals surface area (Å²) in [6.07, 6.45) is 0. The summed E-state index contributed by atoms with van der Waals surface area (Å²) in [5, 5.41) is 3.45. The molecule has 1 aromatic heterocycles. The lowest BCUT2D eigenvalue weighted by Gasteiger charge is -2.02. The predicted molar refractivity (Wildman–Crippen MR) is 89.6 cm³/mol. The minimum atomic E-state index is -0.211. The van der Waals surface area contributed by atoms with Crippen LogP contribution in [0.4, 0.5) is 5.13 Å². The second-order valence-corrected chi connectivity index (χ2v) is 6.43. The number of thiazole rings is 1. The van der Waals surface area contributed by atoms with E-state index in [0.29, 0.717) is 22.2 Å². The van der Waals surface area contributed by atoms with Crippen LogP contribution >= 0.6 is 11.3 Å². The summed E-state index contributed by atoms with van der Waals surface area (Å²) in [7, 11) is 0. The van der Waals surface area contributed by atoms with E-state index in [9.17, 15) is 4.79 Å². The van der Waals surface area contributed by atoms with Crippen molar-refractivity contribution in [3.63, 3.8) is 0 Å². The van der Waals surface area contributed by atoms with Crippen LogP contribution in [0.5, 0.6) is 11.5 Å². The van der Waals surface area contributed by atoms with Gasteiger partial charge in [0.05, 0.1) is 10.2 Å². The zero-order valence-corrected chi connectivity index (χ0v) is 13.5. The molecule has 0 saturated heterocycles. The van der Waals surface area contributed by atoms with E-state index >= 15 is 0 Å². The first kappa shape index (κ1) is 14.0. The van der Waals surface area contributed by atoms with Crippen molar-refractivity contribution in [2.24, 2.45) is 0 Å². The van der Waals surface area contributed by atoms with E-state index in [1.54, 1.807) is 18.2 Å². The molecule has 116 valence electrons. The number of hydrogen-bond donors (Lipinski definition) is 1. The fourth-order valence-corrected chi connectivity index (χ4v) is 3.41. The Morgan fingerprint density at radius 1 is 1.17 bits per heavy atom. The van der Waals surface area contributed by atoms with Crippen LogP contribution in [0.25, 0.3) is 10.2 Å². The molecule has 5 nitrogen and oxygen atoms in total. The number of amides is 1. The molecule has 4 rings (SSSR count). The highest BCUT2D eigenvalue weighted by molar-refractivity contribution is 7.22. The monoisotopic (exact) mass is 326 g/mol. The van der Waals surface area contributed by atoms with Gasteiger partial charge in [0.2, 0.25) is 6.79 Å². The molecule has 0 spiro atoms. The smallest absolute Gasteiger partial charge is 0.257 e. The van der Waals surface area contributed by atoms with Crippen molar-refractivity contribution < 1.29 is 14.3 Å². The third kappa shape index (κ3) is 2.41. The first-order chi connectivity index (χ1) is 11.1.